The standard InChI is InChI=1S/C22H37B2O5Si/c1-19(2)20(3,4)27-23(26-19)17-12-15(25-9)13-18(16(17)14-30(10)11)24-28-21(5,6)22(7,8)29-24/h12-13H,14H2,1-11H3. The molecule has 0 unspecified atom stereocenters. The molecule has 2 heterocycles. The number of methoxy groups -OCH3 is 1. The van der Waals surface area contributed by atoms with Gasteiger partial charge in [0.05, 0.1) is 29.5 Å². The Labute approximate surface area is 185 Å². The maximum absolute atomic E-state index is 6.42. The van der Waals surface area contributed by atoms with Gasteiger partial charge in [0.25, 0.3) is 0 Å². The van der Waals surface area contributed by atoms with Crippen molar-refractivity contribution in [2.24, 2.45) is 0 Å². The second kappa shape index (κ2) is 7.66. The highest BCUT2D eigenvalue weighted by Crippen LogP contribution is 2.38. The lowest BCUT2D eigenvalue weighted by Crippen LogP contribution is -2.46. The van der Waals surface area contributed by atoms with E-state index < -0.39 is 45.4 Å². The zero-order valence-electron chi connectivity index (χ0n) is 20.6. The van der Waals surface area contributed by atoms with Gasteiger partial charge in [-0.1, -0.05) is 18.7 Å². The fourth-order valence-corrected chi connectivity index (χ4v) is 4.84. The third-order valence-corrected chi connectivity index (χ3v) is 8.13. The van der Waals surface area contributed by atoms with E-state index in [9.17, 15) is 0 Å². The van der Waals surface area contributed by atoms with Gasteiger partial charge in [0.1, 0.15) is 5.75 Å². The summed E-state index contributed by atoms with van der Waals surface area (Å²) in [5.74, 6) is 0.758. The maximum Gasteiger partial charge on any atom is 0.495 e. The first-order chi connectivity index (χ1) is 13.6. The summed E-state index contributed by atoms with van der Waals surface area (Å²) in [6.45, 7) is 21.3. The van der Waals surface area contributed by atoms with Crippen molar-refractivity contribution >= 4 is 34.0 Å². The average molecular weight is 431 g/mol. The second-order valence-corrected chi connectivity index (χ2v) is 13.6. The van der Waals surface area contributed by atoms with Gasteiger partial charge in [0.2, 0.25) is 0 Å². The monoisotopic (exact) mass is 431 g/mol. The van der Waals surface area contributed by atoms with Crippen LogP contribution >= 0.6 is 0 Å². The van der Waals surface area contributed by atoms with E-state index in [1.54, 1.807) is 7.11 Å². The van der Waals surface area contributed by atoms with Crippen molar-refractivity contribution < 1.29 is 23.4 Å². The molecule has 30 heavy (non-hydrogen) atoms. The molecule has 0 amide bonds. The average Bonchev–Trinajstić information content (AvgIpc) is 2.93. The van der Waals surface area contributed by atoms with E-state index in [0.717, 1.165) is 22.7 Å². The van der Waals surface area contributed by atoms with Crippen LogP contribution < -0.4 is 15.7 Å². The highest BCUT2D eigenvalue weighted by molar-refractivity contribution is 6.68. The highest BCUT2D eigenvalue weighted by Gasteiger charge is 2.55. The quantitative estimate of drug-likeness (QED) is 0.671. The summed E-state index contributed by atoms with van der Waals surface area (Å²) in [5, 5.41) is 0. The Morgan fingerprint density at radius 1 is 0.733 bits per heavy atom. The van der Waals surface area contributed by atoms with Crippen molar-refractivity contribution in [1.82, 2.24) is 0 Å². The molecular formula is C22H37B2O5Si. The third-order valence-electron chi connectivity index (χ3n) is 7.07. The normalized spacial score (nSPS) is 24.0. The van der Waals surface area contributed by atoms with E-state index in [1.165, 1.54) is 5.56 Å². The summed E-state index contributed by atoms with van der Waals surface area (Å²) in [4.78, 5) is 0. The van der Waals surface area contributed by atoms with E-state index in [-0.39, 0.29) is 0 Å². The minimum atomic E-state index is -0.585. The molecule has 0 atom stereocenters. The molecule has 8 heteroatoms. The van der Waals surface area contributed by atoms with E-state index in [1.807, 2.05) is 0 Å². The van der Waals surface area contributed by atoms with Gasteiger partial charge in [-0.05, 0) is 84.5 Å². The zero-order chi connectivity index (χ0) is 22.7. The molecule has 2 saturated heterocycles. The van der Waals surface area contributed by atoms with Crippen molar-refractivity contribution in [3.05, 3.63) is 17.7 Å². The number of hydrogen-bond acceptors (Lipinski definition) is 5. The van der Waals surface area contributed by atoms with Gasteiger partial charge >= 0.3 is 14.2 Å². The lowest BCUT2D eigenvalue weighted by molar-refractivity contribution is 0.00578. The SMILES string of the molecule is COc1cc(B2OC(C)(C)C(C)(C)O2)c(C[Si](C)C)c(B2OC(C)(C)C(C)(C)O2)c1. The van der Waals surface area contributed by atoms with Crippen LogP contribution in [0.2, 0.25) is 13.1 Å². The molecule has 2 aliphatic rings. The van der Waals surface area contributed by atoms with E-state index in [4.69, 9.17) is 23.4 Å². The molecule has 0 aromatic heterocycles. The van der Waals surface area contributed by atoms with Crippen LogP contribution in [0.3, 0.4) is 0 Å². The molecule has 0 aliphatic carbocycles. The molecule has 0 saturated carbocycles. The largest absolute Gasteiger partial charge is 0.497 e. The minimum absolute atomic E-state index is 0.408. The molecule has 1 aromatic carbocycles. The third kappa shape index (κ3) is 4.14. The smallest absolute Gasteiger partial charge is 0.495 e. The molecular weight excluding hydrogens is 394 g/mol. The predicted octanol–water partition coefficient (Wildman–Crippen LogP) is 3.13. The second-order valence-electron chi connectivity index (χ2n) is 10.8. The molecule has 165 valence electrons. The molecule has 1 aromatic rings. The zero-order valence-corrected chi connectivity index (χ0v) is 21.6. The molecule has 3 rings (SSSR count). The summed E-state index contributed by atoms with van der Waals surface area (Å²) in [6.07, 6.45) is 0. The topological polar surface area (TPSA) is 46.2 Å². The maximum atomic E-state index is 6.42. The molecule has 5 nitrogen and oxygen atoms in total. The molecule has 0 N–H and O–H groups in total. The predicted molar refractivity (Wildman–Crippen MR) is 126 cm³/mol. The fraction of sp³-hybridized carbons (Fsp3) is 0.727. The van der Waals surface area contributed by atoms with Crippen LogP contribution in [-0.2, 0) is 24.7 Å². The van der Waals surface area contributed by atoms with E-state index >= 15 is 0 Å². The number of rotatable bonds is 5. The first kappa shape index (κ1) is 23.9. The highest BCUT2D eigenvalue weighted by atomic mass is 28.3. The summed E-state index contributed by atoms with van der Waals surface area (Å²) >= 11 is 0. The van der Waals surface area contributed by atoms with Crippen LogP contribution in [0.4, 0.5) is 0 Å². The first-order valence-electron chi connectivity index (χ1n) is 10.8. The van der Waals surface area contributed by atoms with Gasteiger partial charge in [0, 0.05) is 8.80 Å². The Balaban J connectivity index is 2.13. The first-order valence-corrected chi connectivity index (χ1v) is 13.5. The Hall–Kier alpha value is -0.793. The van der Waals surface area contributed by atoms with Crippen molar-refractivity contribution in [1.29, 1.82) is 0 Å². The summed E-state index contributed by atoms with van der Waals surface area (Å²) in [6, 6.07) is 5.07. The van der Waals surface area contributed by atoms with Crippen molar-refractivity contribution in [3.63, 3.8) is 0 Å². The van der Waals surface area contributed by atoms with Crippen molar-refractivity contribution in [2.45, 2.75) is 96.9 Å². The lowest BCUT2D eigenvalue weighted by Gasteiger charge is -2.32. The molecule has 1 radical (unpaired) electrons. The van der Waals surface area contributed by atoms with Crippen LogP contribution in [0.25, 0.3) is 0 Å². The van der Waals surface area contributed by atoms with Crippen LogP contribution in [0, 0.1) is 0 Å². The van der Waals surface area contributed by atoms with Crippen molar-refractivity contribution in [3.8, 4) is 5.75 Å². The fourth-order valence-electron chi connectivity index (χ4n) is 3.73. The molecule has 0 bridgehead atoms. The van der Waals surface area contributed by atoms with Gasteiger partial charge in [-0.3, -0.25) is 0 Å². The van der Waals surface area contributed by atoms with Gasteiger partial charge < -0.3 is 23.4 Å². The molecule has 0 spiro atoms. The van der Waals surface area contributed by atoms with Gasteiger partial charge in [-0.2, -0.15) is 0 Å². The van der Waals surface area contributed by atoms with Crippen molar-refractivity contribution in [2.75, 3.05) is 7.11 Å². The van der Waals surface area contributed by atoms with Gasteiger partial charge in [-0.15, -0.1) is 0 Å². The van der Waals surface area contributed by atoms with Gasteiger partial charge in [-0.25, -0.2) is 0 Å². The summed E-state index contributed by atoms with van der Waals surface area (Å²) < 4.78 is 31.4. The number of hydrogen-bond donors (Lipinski definition) is 0. The molecule has 2 fully saturated rings. The van der Waals surface area contributed by atoms with E-state index in [0.29, 0.717) is 0 Å². The number of benzene rings is 1. The Morgan fingerprint density at radius 2 is 1.07 bits per heavy atom. The Bertz CT molecular complexity index is 718. The van der Waals surface area contributed by atoms with Crippen LogP contribution in [0.15, 0.2) is 12.1 Å². The minimum Gasteiger partial charge on any atom is -0.497 e. The van der Waals surface area contributed by atoms with E-state index in [2.05, 4.69) is 80.6 Å². The Morgan fingerprint density at radius 3 is 1.33 bits per heavy atom. The van der Waals surface area contributed by atoms with Crippen LogP contribution in [0.5, 0.6) is 5.75 Å². The summed E-state index contributed by atoms with van der Waals surface area (Å²) in [5.41, 5.74) is 1.60. The van der Waals surface area contributed by atoms with Crippen LogP contribution in [-0.4, -0.2) is 52.5 Å². The Kier molecular flexibility index (Phi) is 6.09. The molecule has 2 aliphatic heterocycles. The van der Waals surface area contributed by atoms with Gasteiger partial charge in [0.15, 0.2) is 0 Å². The van der Waals surface area contributed by atoms with Crippen LogP contribution in [0.1, 0.15) is 61.0 Å². The lowest BCUT2D eigenvalue weighted by atomic mass is 9.67. The number of ether oxygens (including phenoxy) is 1. The summed E-state index contributed by atoms with van der Waals surface area (Å²) in [7, 11) is 0.190.